The maximum Gasteiger partial charge on any atom is 0.272 e. The lowest BCUT2D eigenvalue weighted by Gasteiger charge is -2.16. The fourth-order valence-electron chi connectivity index (χ4n) is 1.84. The Morgan fingerprint density at radius 2 is 1.82 bits per heavy atom. The molecule has 8 nitrogen and oxygen atoms in total. The molecule has 0 aliphatic rings. The molecule has 0 unspecified atom stereocenters. The van der Waals surface area contributed by atoms with Crippen LogP contribution in [0.4, 0.5) is 11.4 Å². The first-order valence-electron chi connectivity index (χ1n) is 6.10. The highest BCUT2D eigenvalue weighted by Gasteiger charge is 2.26. The summed E-state index contributed by atoms with van der Waals surface area (Å²) in [5.74, 6) is -0.712. The average Bonchev–Trinajstić information content (AvgIpc) is 2.47. The molecule has 0 saturated carbocycles. The summed E-state index contributed by atoms with van der Waals surface area (Å²) in [5, 5.41) is 12.7. The third-order valence-corrected chi connectivity index (χ3v) is 4.93. The van der Waals surface area contributed by atoms with Crippen molar-refractivity contribution in [2.45, 2.75) is 4.90 Å². The molecule has 0 fully saturated rings. The van der Waals surface area contributed by atoms with E-state index in [-0.39, 0.29) is 22.0 Å². The molecule has 0 aliphatic carbocycles. The summed E-state index contributed by atoms with van der Waals surface area (Å²) < 4.78 is 29.9. The molecule has 0 aromatic heterocycles. The highest BCUT2D eigenvalue weighted by Crippen LogP contribution is 2.35. The van der Waals surface area contributed by atoms with E-state index in [4.69, 9.17) is 4.74 Å². The number of benzene rings is 1. The Kier molecular flexibility index (Phi) is 3.94. The molecule has 118 valence electrons. The van der Waals surface area contributed by atoms with Gasteiger partial charge in [0.1, 0.15) is 10.6 Å². The van der Waals surface area contributed by atoms with Gasteiger partial charge in [-0.2, -0.15) is 0 Å². The van der Waals surface area contributed by atoms with Crippen molar-refractivity contribution in [1.29, 1.82) is 0 Å². The zero-order valence-electron chi connectivity index (χ0n) is 12.1. The van der Waals surface area contributed by atoms with E-state index in [0.29, 0.717) is 0 Å². The molecule has 2 N–H and O–H groups in total. The van der Waals surface area contributed by atoms with Gasteiger partial charge in [-0.3, -0.25) is 9.59 Å². The average molecular weight is 326 g/mol. The number of phenols is 1. The number of rotatable bonds is 5. The minimum Gasteiger partial charge on any atom is -0.504 e. The molecule has 0 bridgehead atoms. The summed E-state index contributed by atoms with van der Waals surface area (Å²) in [6.07, 6.45) is 0. The first kappa shape index (κ1) is 16.0. The molecule has 2 aromatic rings. The van der Waals surface area contributed by atoms with Crippen molar-refractivity contribution in [2.24, 2.45) is 0 Å². The van der Waals surface area contributed by atoms with Gasteiger partial charge in [-0.05, 0) is 12.1 Å². The lowest BCUT2D eigenvalue weighted by molar-refractivity contribution is 0.408. The Balaban J connectivity index is 2.49. The number of ether oxygens (including phenoxy) is 1. The van der Waals surface area contributed by atoms with Gasteiger partial charge in [0.15, 0.2) is 11.5 Å². The summed E-state index contributed by atoms with van der Waals surface area (Å²) in [7, 11) is 0.0324. The Hall–Kier alpha value is -2.39. The summed E-state index contributed by atoms with van der Waals surface area (Å²) >= 11 is 0. The Morgan fingerprint density at radius 1 is 1.18 bits per heavy atom. The van der Waals surface area contributed by atoms with Crippen LogP contribution in [-0.4, -0.2) is 39.0 Å². The van der Waals surface area contributed by atoms with Crippen LogP contribution in [0, 0.1) is 0 Å². The van der Waals surface area contributed by atoms with Gasteiger partial charge in [0.2, 0.25) is 10.0 Å². The highest BCUT2D eigenvalue weighted by molar-refractivity contribution is 7.89. The number of aromatic hydroxyl groups is 1. The number of methoxy groups -OCH3 is 1. The predicted octanol–water partition coefficient (Wildman–Crippen LogP) is -0.00930. The quantitative estimate of drug-likeness (QED) is 0.587. The van der Waals surface area contributed by atoms with Crippen molar-refractivity contribution >= 4 is 21.4 Å². The SMILES string of the molecule is COc1c(Nc2cccc(S(=O)(=O)N(C)C)c2O)c(=O)c1=O. The second kappa shape index (κ2) is 5.43. The molecule has 0 spiro atoms. The maximum atomic E-state index is 12.1. The van der Waals surface area contributed by atoms with Crippen molar-refractivity contribution in [3.05, 3.63) is 38.6 Å². The lowest BCUT2D eigenvalue weighted by Crippen LogP contribution is -2.34. The molecule has 0 radical (unpaired) electrons. The van der Waals surface area contributed by atoms with Crippen LogP contribution in [0.15, 0.2) is 32.7 Å². The normalized spacial score (nSPS) is 11.8. The van der Waals surface area contributed by atoms with Crippen LogP contribution in [0.3, 0.4) is 0 Å². The Bertz CT molecular complexity index is 894. The van der Waals surface area contributed by atoms with E-state index in [1.54, 1.807) is 0 Å². The van der Waals surface area contributed by atoms with Gasteiger partial charge in [-0.15, -0.1) is 0 Å². The number of hydrogen-bond donors (Lipinski definition) is 2. The van der Waals surface area contributed by atoms with Gasteiger partial charge in [-0.25, -0.2) is 12.7 Å². The second-order valence-electron chi connectivity index (χ2n) is 4.63. The van der Waals surface area contributed by atoms with Crippen molar-refractivity contribution in [2.75, 3.05) is 26.5 Å². The van der Waals surface area contributed by atoms with Crippen LogP contribution in [0.2, 0.25) is 0 Å². The highest BCUT2D eigenvalue weighted by atomic mass is 32.2. The maximum absolute atomic E-state index is 12.1. The van der Waals surface area contributed by atoms with E-state index in [1.807, 2.05) is 0 Å². The van der Waals surface area contributed by atoms with Gasteiger partial charge in [0.05, 0.1) is 12.8 Å². The van der Waals surface area contributed by atoms with E-state index in [1.165, 1.54) is 39.4 Å². The largest absolute Gasteiger partial charge is 0.504 e. The lowest BCUT2D eigenvalue weighted by atomic mass is 10.2. The van der Waals surface area contributed by atoms with Crippen LogP contribution in [0.25, 0.3) is 0 Å². The molecule has 0 amide bonds. The molecule has 0 atom stereocenters. The summed E-state index contributed by atoms with van der Waals surface area (Å²) in [6, 6.07) is 4.01. The van der Waals surface area contributed by atoms with Crippen molar-refractivity contribution in [1.82, 2.24) is 4.31 Å². The van der Waals surface area contributed by atoms with Gasteiger partial charge < -0.3 is 15.2 Å². The van der Waals surface area contributed by atoms with Gasteiger partial charge >= 0.3 is 0 Å². The molecular formula is C13H14N2O6S. The predicted molar refractivity (Wildman–Crippen MR) is 80.2 cm³/mol. The van der Waals surface area contributed by atoms with E-state index in [9.17, 15) is 23.1 Å². The zero-order valence-corrected chi connectivity index (χ0v) is 12.9. The third-order valence-electron chi connectivity index (χ3n) is 3.09. The number of nitrogens with one attached hydrogen (secondary N) is 1. The number of phenolic OH excluding ortho intramolecular Hbond substituents is 1. The number of para-hydroxylation sites is 1. The molecular weight excluding hydrogens is 312 g/mol. The number of hydrogen-bond acceptors (Lipinski definition) is 7. The van der Waals surface area contributed by atoms with Crippen LogP contribution in [0.1, 0.15) is 0 Å². The molecule has 0 saturated heterocycles. The van der Waals surface area contributed by atoms with Crippen LogP contribution in [-0.2, 0) is 10.0 Å². The van der Waals surface area contributed by atoms with Gasteiger partial charge in [0.25, 0.3) is 10.9 Å². The molecule has 0 heterocycles. The van der Waals surface area contributed by atoms with Gasteiger partial charge in [-0.1, -0.05) is 6.07 Å². The Labute approximate surface area is 126 Å². The molecule has 0 aliphatic heterocycles. The minimum absolute atomic E-state index is 0.0201. The van der Waals surface area contributed by atoms with E-state index >= 15 is 0 Å². The van der Waals surface area contributed by atoms with E-state index < -0.39 is 26.6 Å². The smallest absolute Gasteiger partial charge is 0.272 e. The van der Waals surface area contributed by atoms with E-state index in [0.717, 1.165) is 4.31 Å². The van der Waals surface area contributed by atoms with Crippen molar-refractivity contribution in [3.63, 3.8) is 0 Å². The van der Waals surface area contributed by atoms with E-state index in [2.05, 4.69) is 5.32 Å². The number of anilines is 2. The molecule has 2 aromatic carbocycles. The number of nitrogens with zero attached hydrogens (tertiary/aromatic N) is 1. The standard InChI is InChI=1S/C13H14N2O6S/c1-15(2)22(19,20)8-6-4-5-7(10(8)16)14-9-11(17)12(18)13(9)21-3/h4-6,14,16H,1-3H3. The van der Waals surface area contributed by atoms with Crippen molar-refractivity contribution < 1.29 is 18.3 Å². The Morgan fingerprint density at radius 3 is 2.36 bits per heavy atom. The second-order valence-corrected chi connectivity index (χ2v) is 6.75. The van der Waals surface area contributed by atoms with Crippen LogP contribution < -0.4 is 20.9 Å². The topological polar surface area (TPSA) is 113 Å². The summed E-state index contributed by atoms with van der Waals surface area (Å²) in [6.45, 7) is 0. The van der Waals surface area contributed by atoms with Crippen molar-refractivity contribution in [3.8, 4) is 11.5 Å². The number of sulfonamides is 1. The van der Waals surface area contributed by atoms with Crippen LogP contribution in [0.5, 0.6) is 11.5 Å². The molecule has 2 rings (SSSR count). The fourth-order valence-corrected chi connectivity index (χ4v) is 2.84. The zero-order chi connectivity index (χ0) is 16.7. The minimum atomic E-state index is -3.85. The first-order valence-corrected chi connectivity index (χ1v) is 7.54. The molecule has 22 heavy (non-hydrogen) atoms. The van der Waals surface area contributed by atoms with Gasteiger partial charge in [0, 0.05) is 14.1 Å². The monoisotopic (exact) mass is 326 g/mol. The first-order chi connectivity index (χ1) is 10.2. The summed E-state index contributed by atoms with van der Waals surface area (Å²) in [4.78, 5) is 22.4. The third kappa shape index (κ3) is 2.34. The summed E-state index contributed by atoms with van der Waals surface area (Å²) in [5.41, 5.74) is -1.71. The molecule has 9 heteroatoms. The fraction of sp³-hybridized carbons (Fsp3) is 0.231. The van der Waals surface area contributed by atoms with Crippen LogP contribution >= 0.6 is 0 Å².